The molecule has 0 atom stereocenters. The Morgan fingerprint density at radius 3 is 2.46 bits per heavy atom. The van der Waals surface area contributed by atoms with Crippen LogP contribution >= 0.6 is 11.3 Å². The number of aromatic nitrogens is 1. The zero-order chi connectivity index (χ0) is 17.9. The first kappa shape index (κ1) is 18.2. The van der Waals surface area contributed by atoms with Crippen molar-refractivity contribution in [2.45, 2.75) is 47.5 Å². The van der Waals surface area contributed by atoms with Gasteiger partial charge in [0.05, 0.1) is 24.3 Å². The van der Waals surface area contributed by atoms with Crippen molar-refractivity contribution in [1.82, 2.24) is 5.16 Å². The van der Waals surface area contributed by atoms with Crippen molar-refractivity contribution in [1.29, 1.82) is 0 Å². The van der Waals surface area contributed by atoms with Crippen LogP contribution < -0.4 is 5.32 Å². The number of carbonyl (C=O) groups is 2. The van der Waals surface area contributed by atoms with Crippen molar-refractivity contribution in [3.05, 3.63) is 33.0 Å². The maximum atomic E-state index is 12.4. The molecule has 0 saturated heterocycles. The van der Waals surface area contributed by atoms with Gasteiger partial charge in [-0.1, -0.05) is 12.1 Å². The number of hydrogen-bond donors (Lipinski definition) is 1. The number of esters is 1. The van der Waals surface area contributed by atoms with Gasteiger partial charge in [-0.05, 0) is 39.7 Å². The summed E-state index contributed by atoms with van der Waals surface area (Å²) in [6, 6.07) is 0. The van der Waals surface area contributed by atoms with Gasteiger partial charge in [-0.15, -0.1) is 11.3 Å². The zero-order valence-corrected chi connectivity index (χ0v) is 15.4. The van der Waals surface area contributed by atoms with Crippen molar-refractivity contribution < 1.29 is 18.8 Å². The lowest BCUT2D eigenvalue weighted by molar-refractivity contribution is -0.115. The van der Waals surface area contributed by atoms with E-state index < -0.39 is 5.97 Å². The van der Waals surface area contributed by atoms with E-state index in [1.165, 1.54) is 11.3 Å². The summed E-state index contributed by atoms with van der Waals surface area (Å²) in [4.78, 5) is 25.7. The molecule has 24 heavy (non-hydrogen) atoms. The molecule has 6 nitrogen and oxygen atoms in total. The number of rotatable bonds is 6. The van der Waals surface area contributed by atoms with Crippen molar-refractivity contribution in [3.8, 4) is 0 Å². The summed E-state index contributed by atoms with van der Waals surface area (Å²) < 4.78 is 10.2. The van der Waals surface area contributed by atoms with Gasteiger partial charge in [0, 0.05) is 10.4 Å². The maximum Gasteiger partial charge on any atom is 0.341 e. The van der Waals surface area contributed by atoms with Gasteiger partial charge in [0.25, 0.3) is 0 Å². The van der Waals surface area contributed by atoms with Gasteiger partial charge in [-0.3, -0.25) is 4.79 Å². The average Bonchev–Trinajstić information content (AvgIpc) is 3.00. The highest BCUT2D eigenvalue weighted by Gasteiger charge is 2.24. The van der Waals surface area contributed by atoms with Crippen LogP contribution in [0.4, 0.5) is 5.00 Å². The molecule has 7 heteroatoms. The average molecular weight is 350 g/mol. The molecule has 0 aromatic carbocycles. The lowest BCUT2D eigenvalue weighted by Gasteiger charge is -2.08. The molecule has 2 heterocycles. The Hall–Kier alpha value is -2.15. The standard InChI is InChI=1S/C17H22N2O4S/c1-6-12-11(5)24-16(15(12)17(21)22-7-2)18-14(20)8-13-9(3)19-23-10(13)4/h6-8H2,1-5H3,(H,18,20). The van der Waals surface area contributed by atoms with E-state index in [0.717, 1.165) is 16.0 Å². The van der Waals surface area contributed by atoms with Crippen LogP contribution in [0.5, 0.6) is 0 Å². The number of amides is 1. The molecule has 1 N–H and O–H groups in total. The van der Waals surface area contributed by atoms with E-state index in [-0.39, 0.29) is 12.3 Å². The number of nitrogens with zero attached hydrogens (tertiary/aromatic N) is 1. The monoisotopic (exact) mass is 350 g/mol. The Bertz CT molecular complexity index is 741. The Morgan fingerprint density at radius 1 is 1.21 bits per heavy atom. The quantitative estimate of drug-likeness (QED) is 0.805. The van der Waals surface area contributed by atoms with Gasteiger partial charge < -0.3 is 14.6 Å². The molecule has 1 amide bonds. The molecule has 0 aliphatic heterocycles. The number of thiophene rings is 1. The van der Waals surface area contributed by atoms with E-state index in [1.54, 1.807) is 20.8 Å². The molecule has 0 fully saturated rings. The second-order valence-corrected chi connectivity index (χ2v) is 6.67. The van der Waals surface area contributed by atoms with Crippen LogP contribution in [0.3, 0.4) is 0 Å². The number of carbonyl (C=O) groups excluding carboxylic acids is 2. The summed E-state index contributed by atoms with van der Waals surface area (Å²) in [6.07, 6.45) is 0.859. The van der Waals surface area contributed by atoms with Gasteiger partial charge in [0.15, 0.2) is 0 Å². The summed E-state index contributed by atoms with van der Waals surface area (Å²) in [7, 11) is 0. The Balaban J connectivity index is 2.25. The third-order valence-corrected chi connectivity index (χ3v) is 4.88. The van der Waals surface area contributed by atoms with Crippen LogP contribution in [0.15, 0.2) is 4.52 Å². The molecular formula is C17H22N2O4S. The van der Waals surface area contributed by atoms with Crippen molar-refractivity contribution in [2.75, 3.05) is 11.9 Å². The van der Waals surface area contributed by atoms with Crippen molar-refractivity contribution >= 4 is 28.2 Å². The highest BCUT2D eigenvalue weighted by molar-refractivity contribution is 7.16. The summed E-state index contributed by atoms with van der Waals surface area (Å²) in [6.45, 7) is 9.55. The van der Waals surface area contributed by atoms with Gasteiger partial charge in [-0.25, -0.2) is 4.79 Å². The van der Waals surface area contributed by atoms with Gasteiger partial charge in [0.2, 0.25) is 5.91 Å². The van der Waals surface area contributed by atoms with Crippen LogP contribution in [-0.2, 0) is 22.4 Å². The smallest absolute Gasteiger partial charge is 0.341 e. The number of nitrogens with one attached hydrogen (secondary N) is 1. The van der Waals surface area contributed by atoms with Gasteiger partial charge in [-0.2, -0.15) is 0 Å². The SMILES string of the molecule is CCOC(=O)c1c(NC(=O)Cc2c(C)noc2C)sc(C)c1CC. The fourth-order valence-corrected chi connectivity index (χ4v) is 3.75. The molecule has 0 unspecified atom stereocenters. The topological polar surface area (TPSA) is 81.4 Å². The fraction of sp³-hybridized carbons (Fsp3) is 0.471. The highest BCUT2D eigenvalue weighted by atomic mass is 32.1. The molecule has 2 aromatic heterocycles. The predicted octanol–water partition coefficient (Wildman–Crippen LogP) is 3.58. The van der Waals surface area contributed by atoms with E-state index in [9.17, 15) is 9.59 Å². The molecule has 0 radical (unpaired) electrons. The van der Waals surface area contributed by atoms with Gasteiger partial charge >= 0.3 is 5.97 Å². The zero-order valence-electron chi connectivity index (χ0n) is 14.6. The second-order valence-electron chi connectivity index (χ2n) is 5.44. The Labute approximate surface area is 145 Å². The molecule has 0 saturated carbocycles. The molecule has 0 aliphatic rings. The lowest BCUT2D eigenvalue weighted by Crippen LogP contribution is -2.17. The summed E-state index contributed by atoms with van der Waals surface area (Å²) in [5.41, 5.74) is 2.86. The fourth-order valence-electron chi connectivity index (χ4n) is 2.60. The van der Waals surface area contributed by atoms with E-state index in [4.69, 9.17) is 9.26 Å². The third kappa shape index (κ3) is 3.67. The number of anilines is 1. The first-order valence-corrected chi connectivity index (χ1v) is 8.71. The molecule has 0 spiro atoms. The first-order valence-electron chi connectivity index (χ1n) is 7.89. The molecule has 2 aromatic rings. The normalized spacial score (nSPS) is 10.7. The van der Waals surface area contributed by atoms with Gasteiger partial charge in [0.1, 0.15) is 10.8 Å². The van der Waals surface area contributed by atoms with E-state index >= 15 is 0 Å². The van der Waals surface area contributed by atoms with Crippen LogP contribution in [0, 0.1) is 20.8 Å². The van der Waals surface area contributed by atoms with Crippen LogP contribution in [0.1, 0.15) is 51.7 Å². The maximum absolute atomic E-state index is 12.4. The van der Waals surface area contributed by atoms with E-state index in [0.29, 0.717) is 35.0 Å². The Kier molecular flexibility index (Phi) is 5.77. The van der Waals surface area contributed by atoms with Crippen LogP contribution in [0.25, 0.3) is 0 Å². The lowest BCUT2D eigenvalue weighted by atomic mass is 10.1. The van der Waals surface area contributed by atoms with Crippen molar-refractivity contribution in [2.24, 2.45) is 0 Å². The molecule has 0 bridgehead atoms. The minimum Gasteiger partial charge on any atom is -0.462 e. The van der Waals surface area contributed by atoms with E-state index in [1.807, 2.05) is 13.8 Å². The minimum absolute atomic E-state index is 0.155. The van der Waals surface area contributed by atoms with Crippen molar-refractivity contribution in [3.63, 3.8) is 0 Å². The Morgan fingerprint density at radius 2 is 1.92 bits per heavy atom. The first-order chi connectivity index (χ1) is 11.4. The summed E-state index contributed by atoms with van der Waals surface area (Å²) in [5, 5.41) is 7.24. The number of ether oxygens (including phenoxy) is 1. The minimum atomic E-state index is -0.397. The predicted molar refractivity (Wildman–Crippen MR) is 92.7 cm³/mol. The second kappa shape index (κ2) is 7.61. The van der Waals surface area contributed by atoms with Crippen LogP contribution in [-0.4, -0.2) is 23.6 Å². The molecule has 130 valence electrons. The molecular weight excluding hydrogens is 328 g/mol. The van der Waals surface area contributed by atoms with Crippen LogP contribution in [0.2, 0.25) is 0 Å². The highest BCUT2D eigenvalue weighted by Crippen LogP contribution is 2.34. The summed E-state index contributed by atoms with van der Waals surface area (Å²) >= 11 is 1.40. The molecule has 0 aliphatic carbocycles. The summed E-state index contributed by atoms with van der Waals surface area (Å²) in [5.74, 6) is 0.0232. The van der Waals surface area contributed by atoms with E-state index in [2.05, 4.69) is 10.5 Å². The molecule has 2 rings (SSSR count). The third-order valence-electron chi connectivity index (χ3n) is 3.81. The number of hydrogen-bond acceptors (Lipinski definition) is 6. The largest absolute Gasteiger partial charge is 0.462 e. The number of aryl methyl sites for hydroxylation is 3.